The lowest BCUT2D eigenvalue weighted by Crippen LogP contribution is -2.47. The van der Waals surface area contributed by atoms with Gasteiger partial charge >= 0.3 is 5.97 Å². The first-order valence-corrected chi connectivity index (χ1v) is 7.50. The SMILES string of the molecule is CC(C)(C)OC(=O)CC(NC(=O)CNC(=O)c1ncc[nH]1)C(=O)CF. The van der Waals surface area contributed by atoms with Gasteiger partial charge in [0.2, 0.25) is 5.91 Å². The Morgan fingerprint density at radius 3 is 2.52 bits per heavy atom. The minimum atomic E-state index is -1.37. The number of esters is 1. The molecule has 0 saturated heterocycles. The molecule has 0 aliphatic rings. The van der Waals surface area contributed by atoms with Crippen LogP contribution in [0.2, 0.25) is 0 Å². The minimum absolute atomic E-state index is 0.0120. The molecule has 1 aromatic heterocycles. The van der Waals surface area contributed by atoms with Gasteiger partial charge < -0.3 is 20.4 Å². The number of ketones is 1. The highest BCUT2D eigenvalue weighted by molar-refractivity contribution is 5.96. The number of nitrogens with zero attached hydrogens (tertiary/aromatic N) is 1. The maximum Gasteiger partial charge on any atom is 0.308 e. The van der Waals surface area contributed by atoms with E-state index in [1.807, 2.05) is 0 Å². The Bertz CT molecular complexity index is 624. The third kappa shape index (κ3) is 7.55. The summed E-state index contributed by atoms with van der Waals surface area (Å²) in [7, 11) is 0. The third-order valence-corrected chi connectivity index (χ3v) is 2.77. The van der Waals surface area contributed by atoms with Crippen molar-refractivity contribution in [3.63, 3.8) is 0 Å². The highest BCUT2D eigenvalue weighted by atomic mass is 19.1. The maximum atomic E-state index is 12.6. The normalized spacial score (nSPS) is 12.2. The number of H-pyrrole nitrogens is 1. The van der Waals surface area contributed by atoms with Crippen LogP contribution in [0.1, 0.15) is 37.8 Å². The molecule has 1 unspecified atom stereocenters. The smallest absolute Gasteiger partial charge is 0.308 e. The summed E-state index contributed by atoms with van der Waals surface area (Å²) >= 11 is 0. The highest BCUT2D eigenvalue weighted by Gasteiger charge is 2.26. The van der Waals surface area contributed by atoms with Crippen LogP contribution >= 0.6 is 0 Å². The lowest BCUT2D eigenvalue weighted by molar-refractivity contribution is -0.156. The Kier molecular flexibility index (Phi) is 7.22. The van der Waals surface area contributed by atoms with Crippen LogP contribution in [0.5, 0.6) is 0 Å². The van der Waals surface area contributed by atoms with Crippen LogP contribution in [0, 0.1) is 0 Å². The second-order valence-electron chi connectivity index (χ2n) is 6.13. The van der Waals surface area contributed by atoms with Crippen molar-refractivity contribution in [3.05, 3.63) is 18.2 Å². The molecule has 1 aromatic rings. The molecule has 0 aliphatic carbocycles. The summed E-state index contributed by atoms with van der Waals surface area (Å²) in [6, 6.07) is -1.37. The lowest BCUT2D eigenvalue weighted by Gasteiger charge is -2.22. The molecular weight excluding hydrogens is 335 g/mol. The minimum Gasteiger partial charge on any atom is -0.460 e. The number of imidazole rings is 1. The zero-order valence-corrected chi connectivity index (χ0v) is 14.2. The number of amides is 2. The third-order valence-electron chi connectivity index (χ3n) is 2.77. The summed E-state index contributed by atoms with van der Waals surface area (Å²) in [5, 5.41) is 4.48. The molecule has 0 bridgehead atoms. The number of ether oxygens (including phenoxy) is 1. The topological polar surface area (TPSA) is 130 Å². The number of hydrogen-bond acceptors (Lipinski definition) is 6. The van der Waals surface area contributed by atoms with Crippen LogP contribution in [0.25, 0.3) is 0 Å². The van der Waals surface area contributed by atoms with E-state index in [0.717, 1.165) is 0 Å². The molecule has 0 aliphatic heterocycles. The Labute approximate surface area is 143 Å². The summed E-state index contributed by atoms with van der Waals surface area (Å²) in [6.07, 6.45) is 2.30. The molecule has 25 heavy (non-hydrogen) atoms. The molecule has 9 nitrogen and oxygen atoms in total. The van der Waals surface area contributed by atoms with Crippen molar-refractivity contribution in [2.24, 2.45) is 0 Å². The maximum absolute atomic E-state index is 12.6. The predicted molar refractivity (Wildman–Crippen MR) is 84.3 cm³/mol. The van der Waals surface area contributed by atoms with Crippen LogP contribution in [0.4, 0.5) is 4.39 Å². The van der Waals surface area contributed by atoms with Gasteiger partial charge in [0.15, 0.2) is 11.6 Å². The number of aromatic nitrogens is 2. The van der Waals surface area contributed by atoms with Crippen molar-refractivity contribution < 1.29 is 28.3 Å². The van der Waals surface area contributed by atoms with Crippen molar-refractivity contribution in [2.45, 2.75) is 38.8 Å². The van der Waals surface area contributed by atoms with Gasteiger partial charge in [-0.15, -0.1) is 0 Å². The van der Waals surface area contributed by atoms with Gasteiger partial charge in [-0.3, -0.25) is 19.2 Å². The summed E-state index contributed by atoms with van der Waals surface area (Å²) in [4.78, 5) is 53.1. The fraction of sp³-hybridized carbons (Fsp3) is 0.533. The molecule has 0 aromatic carbocycles. The Hall–Kier alpha value is -2.78. The molecule has 10 heteroatoms. The van der Waals surface area contributed by atoms with E-state index >= 15 is 0 Å². The highest BCUT2D eigenvalue weighted by Crippen LogP contribution is 2.09. The summed E-state index contributed by atoms with van der Waals surface area (Å²) in [5.41, 5.74) is -0.776. The molecule has 0 saturated carbocycles. The fourth-order valence-corrected chi connectivity index (χ4v) is 1.77. The quantitative estimate of drug-likeness (QED) is 0.557. The molecule has 0 spiro atoms. The van der Waals surface area contributed by atoms with Gasteiger partial charge in [0.1, 0.15) is 18.3 Å². The van der Waals surface area contributed by atoms with Crippen molar-refractivity contribution in [3.8, 4) is 0 Å². The summed E-state index contributed by atoms with van der Waals surface area (Å²) in [5.74, 6) is -3.08. The second-order valence-corrected chi connectivity index (χ2v) is 6.13. The van der Waals surface area contributed by atoms with Gasteiger partial charge in [-0.05, 0) is 20.8 Å². The second kappa shape index (κ2) is 8.90. The van der Waals surface area contributed by atoms with Gasteiger partial charge in [-0.25, -0.2) is 9.37 Å². The molecule has 1 atom stereocenters. The molecule has 0 radical (unpaired) electrons. The van der Waals surface area contributed by atoms with E-state index in [2.05, 4.69) is 20.6 Å². The predicted octanol–water partition coefficient (Wildman–Crippen LogP) is -0.105. The zero-order valence-electron chi connectivity index (χ0n) is 14.2. The van der Waals surface area contributed by atoms with Crippen LogP contribution in [0.3, 0.4) is 0 Å². The van der Waals surface area contributed by atoms with Crippen molar-refractivity contribution in [2.75, 3.05) is 13.2 Å². The average molecular weight is 356 g/mol. The monoisotopic (exact) mass is 356 g/mol. The first-order chi connectivity index (χ1) is 11.6. The van der Waals surface area contributed by atoms with Gasteiger partial charge in [-0.2, -0.15) is 0 Å². The fourth-order valence-electron chi connectivity index (χ4n) is 1.77. The summed E-state index contributed by atoms with van der Waals surface area (Å²) < 4.78 is 17.7. The summed E-state index contributed by atoms with van der Waals surface area (Å²) in [6.45, 7) is 3.11. The molecule has 1 rings (SSSR count). The molecule has 2 amide bonds. The molecule has 1 heterocycles. The number of carbonyl (C=O) groups excluding carboxylic acids is 4. The Morgan fingerprint density at radius 2 is 2.00 bits per heavy atom. The first-order valence-electron chi connectivity index (χ1n) is 7.50. The number of halogens is 1. The van der Waals surface area contributed by atoms with E-state index in [9.17, 15) is 23.6 Å². The van der Waals surface area contributed by atoms with Crippen molar-refractivity contribution in [1.29, 1.82) is 0 Å². The van der Waals surface area contributed by atoms with Crippen LogP contribution in [-0.2, 0) is 19.1 Å². The van der Waals surface area contributed by atoms with Gasteiger partial charge in [0.05, 0.1) is 13.0 Å². The number of carbonyl (C=O) groups is 4. The van der Waals surface area contributed by atoms with Gasteiger partial charge in [-0.1, -0.05) is 0 Å². The average Bonchev–Trinajstić information content (AvgIpc) is 3.03. The van der Waals surface area contributed by atoms with Gasteiger partial charge in [0, 0.05) is 12.4 Å². The Balaban J connectivity index is 2.56. The number of nitrogens with one attached hydrogen (secondary N) is 3. The van der Waals surface area contributed by atoms with E-state index in [4.69, 9.17) is 4.74 Å². The van der Waals surface area contributed by atoms with Crippen LogP contribution in [-0.4, -0.2) is 58.4 Å². The molecule has 0 fully saturated rings. The first kappa shape index (κ1) is 20.3. The lowest BCUT2D eigenvalue weighted by atomic mass is 10.1. The molecule has 138 valence electrons. The Morgan fingerprint density at radius 1 is 1.32 bits per heavy atom. The van der Waals surface area contributed by atoms with Crippen molar-refractivity contribution in [1.82, 2.24) is 20.6 Å². The largest absolute Gasteiger partial charge is 0.460 e. The van der Waals surface area contributed by atoms with Crippen molar-refractivity contribution >= 4 is 23.6 Å². The van der Waals surface area contributed by atoms with Crippen LogP contribution in [0.15, 0.2) is 12.4 Å². The number of alkyl halides is 1. The number of hydrogen-bond donors (Lipinski definition) is 3. The number of aromatic amines is 1. The number of Topliss-reactive ketones (excluding diaryl/α,β-unsaturated/α-hetero) is 1. The van der Waals surface area contributed by atoms with Gasteiger partial charge in [0.25, 0.3) is 5.91 Å². The van der Waals surface area contributed by atoms with E-state index < -0.39 is 54.8 Å². The zero-order chi connectivity index (χ0) is 19.0. The van der Waals surface area contributed by atoms with E-state index in [0.29, 0.717) is 0 Å². The molecular formula is C15H21FN4O5. The van der Waals surface area contributed by atoms with E-state index in [1.165, 1.54) is 12.4 Å². The standard InChI is InChI=1S/C15H21FN4O5/c1-15(2,3)25-12(23)6-9(10(21)7-16)20-11(22)8-19-14(24)13-17-4-5-18-13/h4-5,9H,6-8H2,1-3H3,(H,17,18)(H,19,24)(H,20,22). The van der Waals surface area contributed by atoms with E-state index in [1.54, 1.807) is 20.8 Å². The van der Waals surface area contributed by atoms with E-state index in [-0.39, 0.29) is 5.82 Å². The molecule has 3 N–H and O–H groups in total. The van der Waals surface area contributed by atoms with Crippen LogP contribution < -0.4 is 10.6 Å². The number of rotatable bonds is 8.